The van der Waals surface area contributed by atoms with Crippen LogP contribution in [0.25, 0.3) is 0 Å². The maximum Gasteiger partial charge on any atom is 0.416 e. The van der Waals surface area contributed by atoms with Crippen molar-refractivity contribution >= 4 is 17.9 Å². The first-order valence-corrected chi connectivity index (χ1v) is 9.93. The number of pyridine rings is 1. The summed E-state index contributed by atoms with van der Waals surface area (Å²) in [4.78, 5) is 33.0. The van der Waals surface area contributed by atoms with Crippen LogP contribution in [-0.2, 0) is 16.0 Å². The van der Waals surface area contributed by atoms with Crippen molar-refractivity contribution in [2.75, 3.05) is 31.6 Å². The fourth-order valence-corrected chi connectivity index (χ4v) is 4.04. The summed E-state index contributed by atoms with van der Waals surface area (Å²) < 4.78 is 10.7. The van der Waals surface area contributed by atoms with Gasteiger partial charge in [0.05, 0.1) is 19.2 Å². The summed E-state index contributed by atoms with van der Waals surface area (Å²) in [5.41, 5.74) is 1.34. The molecule has 2 aromatic rings. The predicted molar refractivity (Wildman–Crippen MR) is 108 cm³/mol. The standard InChI is InChI=1S/C22H25N3O4/c1-28-21(26)18-7-5-16(6-8-18)14-25(20-4-2-3-11-23-20)22(27)29-19-15-24-12-9-17(19)10-13-24/h2-8,11,17,19H,9-10,12-15H2,1H3. The first-order valence-electron chi connectivity index (χ1n) is 9.93. The van der Waals surface area contributed by atoms with E-state index in [1.54, 1.807) is 29.3 Å². The zero-order valence-electron chi connectivity index (χ0n) is 16.5. The maximum absolute atomic E-state index is 13.1. The van der Waals surface area contributed by atoms with Crippen LogP contribution < -0.4 is 4.90 Å². The number of fused-ring (bicyclic) bond motifs is 3. The third kappa shape index (κ3) is 4.40. The summed E-state index contributed by atoms with van der Waals surface area (Å²) in [6, 6.07) is 12.4. The minimum Gasteiger partial charge on any atom is -0.465 e. The largest absolute Gasteiger partial charge is 0.465 e. The number of anilines is 1. The molecule has 1 aromatic carbocycles. The van der Waals surface area contributed by atoms with Crippen LogP contribution in [0.5, 0.6) is 0 Å². The van der Waals surface area contributed by atoms with Crippen molar-refractivity contribution in [1.29, 1.82) is 0 Å². The van der Waals surface area contributed by atoms with Crippen LogP contribution in [-0.4, -0.2) is 54.8 Å². The molecule has 152 valence electrons. The molecule has 1 aromatic heterocycles. The van der Waals surface area contributed by atoms with Gasteiger partial charge in [-0.25, -0.2) is 14.6 Å². The zero-order chi connectivity index (χ0) is 20.2. The number of esters is 1. The van der Waals surface area contributed by atoms with Gasteiger partial charge in [0.2, 0.25) is 0 Å². The number of carbonyl (C=O) groups excluding carboxylic acids is 2. The van der Waals surface area contributed by atoms with Gasteiger partial charge in [-0.05, 0) is 61.7 Å². The third-order valence-corrected chi connectivity index (χ3v) is 5.71. The minimum absolute atomic E-state index is 0.0714. The Balaban J connectivity index is 1.51. The quantitative estimate of drug-likeness (QED) is 0.725. The lowest BCUT2D eigenvalue weighted by atomic mass is 9.86. The average Bonchev–Trinajstić information content (AvgIpc) is 2.78. The highest BCUT2D eigenvalue weighted by Crippen LogP contribution is 2.30. The lowest BCUT2D eigenvalue weighted by Crippen LogP contribution is -2.53. The highest BCUT2D eigenvalue weighted by Gasteiger charge is 2.37. The molecule has 1 amide bonds. The van der Waals surface area contributed by atoms with Gasteiger partial charge < -0.3 is 9.47 Å². The Labute approximate surface area is 170 Å². The molecule has 0 saturated carbocycles. The van der Waals surface area contributed by atoms with Crippen LogP contribution in [0.2, 0.25) is 0 Å². The Morgan fingerprint density at radius 1 is 1.14 bits per heavy atom. The molecule has 29 heavy (non-hydrogen) atoms. The summed E-state index contributed by atoms with van der Waals surface area (Å²) in [6.45, 7) is 3.29. The molecule has 1 unspecified atom stereocenters. The fourth-order valence-electron chi connectivity index (χ4n) is 4.04. The molecule has 1 atom stereocenters. The van der Waals surface area contributed by atoms with Gasteiger partial charge in [0, 0.05) is 12.7 Å². The van der Waals surface area contributed by atoms with Gasteiger partial charge in [-0.2, -0.15) is 0 Å². The molecule has 3 saturated heterocycles. The SMILES string of the molecule is COC(=O)c1ccc(CN(C(=O)OC2CN3CCC2CC3)c2ccccn2)cc1. The van der Waals surface area contributed by atoms with E-state index in [1.165, 1.54) is 7.11 Å². The molecule has 0 spiro atoms. The summed E-state index contributed by atoms with van der Waals surface area (Å²) in [5.74, 6) is 0.588. The summed E-state index contributed by atoms with van der Waals surface area (Å²) in [7, 11) is 1.35. The van der Waals surface area contributed by atoms with Crippen LogP contribution in [0, 0.1) is 5.92 Å². The van der Waals surface area contributed by atoms with Crippen molar-refractivity contribution in [2.45, 2.75) is 25.5 Å². The Bertz CT molecular complexity index is 848. The molecular weight excluding hydrogens is 370 g/mol. The number of aromatic nitrogens is 1. The molecule has 2 bridgehead atoms. The minimum atomic E-state index is -0.389. The number of piperidine rings is 3. The molecule has 3 aliphatic heterocycles. The number of amides is 1. The van der Waals surface area contributed by atoms with E-state index in [2.05, 4.69) is 9.88 Å². The second-order valence-corrected chi connectivity index (χ2v) is 7.52. The van der Waals surface area contributed by atoms with Crippen molar-refractivity contribution in [2.24, 2.45) is 5.92 Å². The lowest BCUT2D eigenvalue weighted by Gasteiger charge is -2.44. The van der Waals surface area contributed by atoms with Crippen molar-refractivity contribution in [3.8, 4) is 0 Å². The molecule has 0 radical (unpaired) electrons. The second kappa shape index (κ2) is 8.61. The van der Waals surface area contributed by atoms with Crippen LogP contribution in [0.15, 0.2) is 48.7 Å². The summed E-state index contributed by atoms with van der Waals surface area (Å²) in [6.07, 6.45) is 3.36. The normalized spacial score (nSPS) is 22.7. The Kier molecular flexibility index (Phi) is 5.76. The summed E-state index contributed by atoms with van der Waals surface area (Å²) >= 11 is 0. The van der Waals surface area contributed by atoms with Gasteiger partial charge in [-0.3, -0.25) is 9.80 Å². The number of hydrogen-bond acceptors (Lipinski definition) is 6. The number of carbonyl (C=O) groups is 2. The van der Waals surface area contributed by atoms with Gasteiger partial charge in [0.15, 0.2) is 0 Å². The highest BCUT2D eigenvalue weighted by molar-refractivity contribution is 5.89. The number of hydrogen-bond donors (Lipinski definition) is 0. The summed E-state index contributed by atoms with van der Waals surface area (Å²) in [5, 5.41) is 0. The molecule has 5 rings (SSSR count). The molecule has 7 nitrogen and oxygen atoms in total. The lowest BCUT2D eigenvalue weighted by molar-refractivity contribution is -0.0311. The van der Waals surface area contributed by atoms with Crippen LogP contribution in [0.1, 0.15) is 28.8 Å². The van der Waals surface area contributed by atoms with Crippen molar-refractivity contribution < 1.29 is 19.1 Å². The van der Waals surface area contributed by atoms with Crippen molar-refractivity contribution in [3.05, 3.63) is 59.8 Å². The van der Waals surface area contributed by atoms with Crippen molar-refractivity contribution in [1.82, 2.24) is 9.88 Å². The molecule has 3 aliphatic rings. The first kappa shape index (κ1) is 19.4. The molecule has 0 aliphatic carbocycles. The maximum atomic E-state index is 13.1. The van der Waals surface area contributed by atoms with E-state index in [9.17, 15) is 9.59 Å². The van der Waals surface area contributed by atoms with Gasteiger partial charge in [0.1, 0.15) is 11.9 Å². The van der Waals surface area contributed by atoms with Crippen molar-refractivity contribution in [3.63, 3.8) is 0 Å². The van der Waals surface area contributed by atoms with Crippen LogP contribution >= 0.6 is 0 Å². The number of benzene rings is 1. The van der Waals surface area contributed by atoms with E-state index in [1.807, 2.05) is 24.3 Å². The van der Waals surface area contributed by atoms with E-state index < -0.39 is 0 Å². The van der Waals surface area contributed by atoms with E-state index in [0.717, 1.165) is 38.0 Å². The molecular formula is C22H25N3O4. The number of methoxy groups -OCH3 is 1. The molecule has 3 fully saturated rings. The zero-order valence-corrected chi connectivity index (χ0v) is 16.5. The van der Waals surface area contributed by atoms with E-state index in [-0.39, 0.29) is 18.2 Å². The fraction of sp³-hybridized carbons (Fsp3) is 0.409. The topological polar surface area (TPSA) is 72.0 Å². The van der Waals surface area contributed by atoms with Gasteiger partial charge in [0.25, 0.3) is 0 Å². The van der Waals surface area contributed by atoms with Crippen LogP contribution in [0.3, 0.4) is 0 Å². The predicted octanol–water partition coefficient (Wildman–Crippen LogP) is 3.11. The van der Waals surface area contributed by atoms with Gasteiger partial charge >= 0.3 is 12.1 Å². The first-order chi connectivity index (χ1) is 14.1. The van der Waals surface area contributed by atoms with Crippen LogP contribution in [0.4, 0.5) is 10.6 Å². The smallest absolute Gasteiger partial charge is 0.416 e. The average molecular weight is 395 g/mol. The molecule has 4 heterocycles. The monoisotopic (exact) mass is 395 g/mol. The Morgan fingerprint density at radius 3 is 2.48 bits per heavy atom. The van der Waals surface area contributed by atoms with E-state index >= 15 is 0 Å². The van der Waals surface area contributed by atoms with E-state index in [4.69, 9.17) is 9.47 Å². The third-order valence-electron chi connectivity index (χ3n) is 5.71. The van der Waals surface area contributed by atoms with Gasteiger partial charge in [-0.15, -0.1) is 0 Å². The Morgan fingerprint density at radius 2 is 1.90 bits per heavy atom. The molecule has 7 heteroatoms. The Hall–Kier alpha value is -2.93. The van der Waals surface area contributed by atoms with E-state index in [0.29, 0.717) is 23.8 Å². The second-order valence-electron chi connectivity index (χ2n) is 7.52. The number of nitrogens with zero attached hydrogens (tertiary/aromatic N) is 3. The molecule has 0 N–H and O–H groups in total. The highest BCUT2D eigenvalue weighted by atomic mass is 16.6. The van der Waals surface area contributed by atoms with Gasteiger partial charge in [-0.1, -0.05) is 18.2 Å². The number of ether oxygens (including phenoxy) is 2. The number of rotatable bonds is 5.